The van der Waals surface area contributed by atoms with Gasteiger partial charge < -0.3 is 35.5 Å². The lowest BCUT2D eigenvalue weighted by molar-refractivity contribution is 0.0358. The topological polar surface area (TPSA) is 156 Å². The number of phenols is 1. The third kappa shape index (κ3) is 10.3. The van der Waals surface area contributed by atoms with E-state index in [9.17, 15) is 24.6 Å². The van der Waals surface area contributed by atoms with Crippen LogP contribution in [-0.2, 0) is 11.3 Å². The summed E-state index contributed by atoms with van der Waals surface area (Å²) in [5, 5.41) is 30.5. The molecule has 266 valence electrons. The zero-order chi connectivity index (χ0) is 36.4. The molecule has 4 aromatic carbocycles. The van der Waals surface area contributed by atoms with Crippen molar-refractivity contribution in [3.8, 4) is 16.9 Å². The van der Waals surface area contributed by atoms with Crippen molar-refractivity contribution < 1.29 is 24.5 Å². The van der Waals surface area contributed by atoms with Crippen molar-refractivity contribution in [1.29, 1.82) is 0 Å². The molecule has 2 amide bonds. The zero-order valence-electron chi connectivity index (χ0n) is 29.1. The average Bonchev–Trinajstić information content (AvgIpc) is 3.11. The Labute approximate surface area is 297 Å². The number of H-pyrrole nitrogens is 1. The van der Waals surface area contributed by atoms with Gasteiger partial charge in [0.05, 0.1) is 17.3 Å². The predicted octanol–water partition coefficient (Wildman–Crippen LogP) is 5.80. The average molecular weight is 692 g/mol. The van der Waals surface area contributed by atoms with E-state index in [1.165, 1.54) is 12.1 Å². The molecule has 0 radical (unpaired) electrons. The second-order valence-electron chi connectivity index (χ2n) is 13.1. The van der Waals surface area contributed by atoms with E-state index < -0.39 is 17.8 Å². The third-order valence-corrected chi connectivity index (χ3v) is 8.64. The standard InChI is InChI=1S/C40H45N5O6/c1-40(2,51-39(50)43-33-12-8-7-11-30(33)28-9-5-4-6-10-28)21-23-45(3)24-22-42-38(49)29-15-13-27(14-16-29)25-41-26-35(47)31-17-19-34(46)37-32(31)18-20-36(48)44-37/h4-20,35,41,46-47H,21-26H2,1-3H3,(H,42,49)(H,43,50)(H,44,48)/t35-/m0/s1. The molecule has 1 heterocycles. The summed E-state index contributed by atoms with van der Waals surface area (Å²) in [6.07, 6.45) is -0.780. The maximum atomic E-state index is 12.8. The zero-order valence-corrected chi connectivity index (χ0v) is 29.1. The molecule has 0 spiro atoms. The minimum absolute atomic E-state index is 0.0578. The lowest BCUT2D eigenvalue weighted by Gasteiger charge is -2.28. The number of fused-ring (bicyclic) bond motifs is 1. The second-order valence-corrected chi connectivity index (χ2v) is 13.1. The van der Waals surface area contributed by atoms with E-state index in [1.54, 1.807) is 24.3 Å². The van der Waals surface area contributed by atoms with Crippen LogP contribution in [0, 0.1) is 0 Å². The van der Waals surface area contributed by atoms with Crippen molar-refractivity contribution in [3.05, 3.63) is 130 Å². The van der Waals surface area contributed by atoms with Crippen LogP contribution in [0.4, 0.5) is 10.5 Å². The van der Waals surface area contributed by atoms with E-state index in [0.29, 0.717) is 54.8 Å². The van der Waals surface area contributed by atoms with Crippen LogP contribution in [0.3, 0.4) is 0 Å². The van der Waals surface area contributed by atoms with E-state index in [1.807, 2.05) is 87.6 Å². The fourth-order valence-corrected chi connectivity index (χ4v) is 5.72. The van der Waals surface area contributed by atoms with E-state index in [4.69, 9.17) is 4.74 Å². The number of para-hydroxylation sites is 1. The van der Waals surface area contributed by atoms with E-state index in [0.717, 1.165) is 16.7 Å². The summed E-state index contributed by atoms with van der Waals surface area (Å²) < 4.78 is 5.79. The quantitative estimate of drug-likeness (QED) is 0.0805. The summed E-state index contributed by atoms with van der Waals surface area (Å²) in [6.45, 7) is 6.22. The van der Waals surface area contributed by atoms with Crippen molar-refractivity contribution in [3.63, 3.8) is 0 Å². The monoisotopic (exact) mass is 691 g/mol. The number of amides is 2. The Hall–Kier alpha value is -5.49. The Kier molecular flexibility index (Phi) is 12.2. The molecule has 5 aromatic rings. The van der Waals surface area contributed by atoms with Gasteiger partial charge in [0.15, 0.2) is 0 Å². The number of rotatable bonds is 15. The minimum atomic E-state index is -0.867. The molecule has 11 nitrogen and oxygen atoms in total. The number of ether oxygens (including phenoxy) is 1. The van der Waals surface area contributed by atoms with Gasteiger partial charge >= 0.3 is 6.09 Å². The highest BCUT2D eigenvalue weighted by Crippen LogP contribution is 2.29. The number of hydrogen-bond donors (Lipinski definition) is 6. The fourth-order valence-electron chi connectivity index (χ4n) is 5.72. The van der Waals surface area contributed by atoms with Crippen molar-refractivity contribution in [1.82, 2.24) is 20.5 Å². The summed E-state index contributed by atoms with van der Waals surface area (Å²) in [5.41, 5.74) is 3.92. The maximum Gasteiger partial charge on any atom is 0.412 e. The molecule has 6 N–H and O–H groups in total. The summed E-state index contributed by atoms with van der Waals surface area (Å²) in [6, 6.07) is 30.8. The van der Waals surface area contributed by atoms with E-state index in [2.05, 4.69) is 25.8 Å². The molecule has 0 aliphatic rings. The number of pyridine rings is 1. The van der Waals surface area contributed by atoms with Crippen LogP contribution in [0.25, 0.3) is 22.0 Å². The molecule has 51 heavy (non-hydrogen) atoms. The molecule has 0 fully saturated rings. The number of benzene rings is 4. The fraction of sp³-hybridized carbons (Fsp3) is 0.275. The number of phenolic OH excluding ortho intramolecular Hbond substituents is 1. The molecule has 1 atom stereocenters. The first kappa shape index (κ1) is 36.8. The number of carbonyl (C=O) groups is 2. The molecule has 0 bridgehead atoms. The Morgan fingerprint density at radius 2 is 1.63 bits per heavy atom. The summed E-state index contributed by atoms with van der Waals surface area (Å²) in [7, 11) is 1.96. The molecular weight excluding hydrogens is 646 g/mol. The summed E-state index contributed by atoms with van der Waals surface area (Å²) >= 11 is 0. The first-order valence-electron chi connectivity index (χ1n) is 16.9. The number of nitrogens with one attached hydrogen (secondary N) is 4. The van der Waals surface area contributed by atoms with Gasteiger partial charge in [0.1, 0.15) is 11.4 Å². The smallest absolute Gasteiger partial charge is 0.412 e. The van der Waals surface area contributed by atoms with Gasteiger partial charge in [-0.3, -0.25) is 14.9 Å². The van der Waals surface area contributed by atoms with Crippen molar-refractivity contribution in [2.45, 2.75) is 38.5 Å². The molecule has 0 aliphatic carbocycles. The third-order valence-electron chi connectivity index (χ3n) is 8.64. The lowest BCUT2D eigenvalue weighted by Crippen LogP contribution is -2.37. The van der Waals surface area contributed by atoms with E-state index in [-0.39, 0.29) is 29.3 Å². The van der Waals surface area contributed by atoms with Crippen LogP contribution < -0.4 is 21.5 Å². The summed E-state index contributed by atoms with van der Waals surface area (Å²) in [4.78, 5) is 41.9. The number of anilines is 1. The van der Waals surface area contributed by atoms with Gasteiger partial charge in [0.25, 0.3) is 5.91 Å². The SMILES string of the molecule is CN(CCNC(=O)c1ccc(CNC[C@H](O)c2ccc(O)c3[nH]c(=O)ccc23)cc1)CCC(C)(C)OC(=O)Nc1ccccc1-c1ccccc1. The Balaban J connectivity index is 1.01. The Morgan fingerprint density at radius 1 is 0.902 bits per heavy atom. The van der Waals surface area contributed by atoms with Gasteiger partial charge in [-0.25, -0.2) is 4.79 Å². The normalized spacial score (nSPS) is 12.1. The van der Waals surface area contributed by atoms with Crippen LogP contribution in [0.5, 0.6) is 5.75 Å². The van der Waals surface area contributed by atoms with Gasteiger partial charge in [-0.1, -0.05) is 66.7 Å². The maximum absolute atomic E-state index is 12.8. The summed E-state index contributed by atoms with van der Waals surface area (Å²) in [5.74, 6) is -0.232. The first-order chi connectivity index (χ1) is 24.5. The Bertz CT molecular complexity index is 2000. The van der Waals surface area contributed by atoms with Gasteiger partial charge in [-0.05, 0) is 74.3 Å². The lowest BCUT2D eigenvalue weighted by atomic mass is 10.0. The van der Waals surface area contributed by atoms with Crippen LogP contribution in [0.15, 0.2) is 108 Å². The van der Waals surface area contributed by atoms with Gasteiger partial charge in [0.2, 0.25) is 5.56 Å². The minimum Gasteiger partial charge on any atom is -0.506 e. The van der Waals surface area contributed by atoms with Crippen LogP contribution in [0.2, 0.25) is 0 Å². The number of nitrogens with zero attached hydrogens (tertiary/aromatic N) is 1. The molecule has 5 rings (SSSR count). The van der Waals surface area contributed by atoms with Crippen LogP contribution in [0.1, 0.15) is 47.9 Å². The highest BCUT2D eigenvalue weighted by atomic mass is 16.6. The number of likely N-dealkylation sites (N-methyl/N-ethyl adjacent to an activating group) is 1. The molecule has 1 aromatic heterocycles. The molecule has 0 saturated heterocycles. The van der Waals surface area contributed by atoms with Crippen molar-refractivity contribution in [2.24, 2.45) is 0 Å². The number of hydrogen-bond acceptors (Lipinski definition) is 8. The highest BCUT2D eigenvalue weighted by Gasteiger charge is 2.24. The second kappa shape index (κ2) is 16.9. The van der Waals surface area contributed by atoms with Crippen LogP contribution >= 0.6 is 0 Å². The van der Waals surface area contributed by atoms with Gasteiger partial charge in [-0.2, -0.15) is 0 Å². The first-order valence-corrected chi connectivity index (χ1v) is 16.9. The highest BCUT2D eigenvalue weighted by molar-refractivity contribution is 5.94. The van der Waals surface area contributed by atoms with Gasteiger partial charge in [-0.15, -0.1) is 0 Å². The number of carbonyl (C=O) groups excluding carboxylic acids is 2. The number of aliphatic hydroxyl groups is 1. The molecule has 0 aliphatic heterocycles. The molecular formula is C40H45N5O6. The molecule has 0 saturated carbocycles. The number of aromatic nitrogens is 1. The molecule has 0 unspecified atom stereocenters. The van der Waals surface area contributed by atoms with Crippen LogP contribution in [-0.4, -0.2) is 70.9 Å². The van der Waals surface area contributed by atoms with Gasteiger partial charge in [0, 0.05) is 55.3 Å². The largest absolute Gasteiger partial charge is 0.506 e. The number of aromatic amines is 1. The van der Waals surface area contributed by atoms with Crippen molar-refractivity contribution in [2.75, 3.05) is 38.5 Å². The van der Waals surface area contributed by atoms with E-state index >= 15 is 0 Å². The number of aliphatic hydroxyl groups excluding tert-OH is 1. The Morgan fingerprint density at radius 3 is 2.39 bits per heavy atom. The number of aromatic hydroxyl groups is 1. The predicted molar refractivity (Wildman–Crippen MR) is 200 cm³/mol. The van der Waals surface area contributed by atoms with Crippen molar-refractivity contribution >= 4 is 28.6 Å². The molecule has 11 heteroatoms.